The molecule has 0 bridgehead atoms. The van der Waals surface area contributed by atoms with E-state index in [4.69, 9.17) is 5.73 Å². The average molecular weight is 376 g/mol. The third-order valence-corrected chi connectivity index (χ3v) is 9.69. The van der Waals surface area contributed by atoms with E-state index in [1.54, 1.807) is 0 Å². The van der Waals surface area contributed by atoms with Gasteiger partial charge in [-0.05, 0) is 54.0 Å². The van der Waals surface area contributed by atoms with Gasteiger partial charge in [-0.25, -0.2) is 0 Å². The van der Waals surface area contributed by atoms with Crippen LogP contribution in [0, 0.1) is 5.41 Å². The summed E-state index contributed by atoms with van der Waals surface area (Å²) < 4.78 is 12.3. The fourth-order valence-corrected chi connectivity index (χ4v) is 8.46. The van der Waals surface area contributed by atoms with Crippen molar-refractivity contribution in [3.8, 4) is 11.1 Å². The zero-order valence-corrected chi connectivity index (χ0v) is 15.6. The first-order chi connectivity index (χ1) is 13.1. The van der Waals surface area contributed by atoms with E-state index in [0.29, 0.717) is 22.0 Å². The minimum absolute atomic E-state index is 0.260. The first kappa shape index (κ1) is 15.6. The molecule has 1 aliphatic heterocycles. The third kappa shape index (κ3) is 1.78. The van der Waals surface area contributed by atoms with Crippen LogP contribution in [0.2, 0.25) is 0 Å². The number of fused-ring (bicyclic) bond motifs is 1. The molecule has 1 aromatic heterocycles. The molecule has 2 heterocycles. The van der Waals surface area contributed by atoms with Gasteiger partial charge in [0.25, 0.3) is 5.91 Å². The molecule has 3 aliphatic rings. The lowest BCUT2D eigenvalue weighted by Gasteiger charge is -2.73. The first-order valence-electron chi connectivity index (χ1n) is 9.51. The highest BCUT2D eigenvalue weighted by Crippen LogP contribution is 2.74. The molecule has 3 fully saturated rings. The van der Waals surface area contributed by atoms with Crippen molar-refractivity contribution in [3.63, 3.8) is 0 Å². The smallest absolute Gasteiger partial charge is 0.250 e. The molecule has 2 aromatic carbocycles. The van der Waals surface area contributed by atoms with Gasteiger partial charge in [0.2, 0.25) is 0 Å². The molecule has 4 nitrogen and oxygen atoms in total. The number of nitrogens with one attached hydrogen (secondary N) is 1. The Morgan fingerprint density at radius 1 is 1.15 bits per heavy atom. The van der Waals surface area contributed by atoms with E-state index in [1.807, 2.05) is 36.4 Å². The van der Waals surface area contributed by atoms with E-state index in [2.05, 4.69) is 17.2 Å². The fourth-order valence-electron chi connectivity index (χ4n) is 5.80. The molecule has 5 atom stereocenters. The maximum atomic E-state index is 12.3. The third-order valence-electron chi connectivity index (χ3n) is 7.27. The minimum atomic E-state index is -0.623. The number of nitrogens with two attached hydrogens (primary N) is 1. The van der Waals surface area contributed by atoms with E-state index >= 15 is 0 Å². The van der Waals surface area contributed by atoms with Gasteiger partial charge in [0.05, 0.1) is 11.1 Å². The van der Waals surface area contributed by atoms with Crippen LogP contribution in [0.15, 0.2) is 48.7 Å². The normalized spacial score (nSPS) is 33.3. The van der Waals surface area contributed by atoms with E-state index in [-0.39, 0.29) is 5.41 Å². The number of aromatic nitrogens is 1. The Morgan fingerprint density at radius 2 is 1.96 bits per heavy atom. The van der Waals surface area contributed by atoms with Crippen LogP contribution in [0.1, 0.15) is 41.1 Å². The molecular formula is C22H20N2O2S. The first-order valence-corrected chi connectivity index (χ1v) is 10.8. The van der Waals surface area contributed by atoms with Gasteiger partial charge in [-0.3, -0.25) is 9.00 Å². The number of amides is 1. The van der Waals surface area contributed by atoms with Crippen molar-refractivity contribution in [2.45, 2.75) is 35.7 Å². The molecule has 27 heavy (non-hydrogen) atoms. The Kier molecular flexibility index (Phi) is 2.96. The zero-order chi connectivity index (χ0) is 18.3. The van der Waals surface area contributed by atoms with Crippen LogP contribution < -0.4 is 5.73 Å². The summed E-state index contributed by atoms with van der Waals surface area (Å²) in [6.45, 7) is 0. The van der Waals surface area contributed by atoms with Gasteiger partial charge in [0, 0.05) is 38.3 Å². The van der Waals surface area contributed by atoms with Crippen molar-refractivity contribution in [3.05, 3.63) is 59.8 Å². The van der Waals surface area contributed by atoms with Crippen molar-refractivity contribution in [1.29, 1.82) is 0 Å². The van der Waals surface area contributed by atoms with Crippen LogP contribution >= 0.6 is 0 Å². The number of aromatic amines is 1. The second kappa shape index (κ2) is 5.10. The molecule has 1 saturated heterocycles. The fraction of sp³-hybridized carbons (Fsp3) is 0.318. The second-order valence-corrected chi connectivity index (χ2v) is 9.96. The second-order valence-electron chi connectivity index (χ2n) is 8.17. The Bertz CT molecular complexity index is 1130. The van der Waals surface area contributed by atoms with Crippen LogP contribution in [0.3, 0.4) is 0 Å². The summed E-state index contributed by atoms with van der Waals surface area (Å²) in [6.07, 6.45) is 5.34. The van der Waals surface area contributed by atoms with Gasteiger partial charge in [-0.15, -0.1) is 0 Å². The molecule has 136 valence electrons. The number of benzene rings is 2. The number of primary amides is 1. The molecule has 1 spiro atoms. The molecule has 5 heteroatoms. The molecule has 2 saturated carbocycles. The average Bonchev–Trinajstić information content (AvgIpc) is 3.03. The van der Waals surface area contributed by atoms with Crippen LogP contribution in [0.5, 0.6) is 0 Å². The highest BCUT2D eigenvalue weighted by molar-refractivity contribution is 7.88. The van der Waals surface area contributed by atoms with E-state index in [1.165, 1.54) is 12.0 Å². The van der Waals surface area contributed by atoms with Gasteiger partial charge >= 0.3 is 0 Å². The molecule has 2 aliphatic carbocycles. The van der Waals surface area contributed by atoms with Gasteiger partial charge in [-0.1, -0.05) is 30.3 Å². The van der Waals surface area contributed by atoms with Crippen LogP contribution in [-0.2, 0) is 10.8 Å². The van der Waals surface area contributed by atoms with Crippen LogP contribution in [0.4, 0.5) is 0 Å². The summed E-state index contributed by atoms with van der Waals surface area (Å²) in [5.41, 5.74) is 10.7. The Labute approximate surface area is 159 Å². The van der Waals surface area contributed by atoms with Gasteiger partial charge in [-0.2, -0.15) is 0 Å². The molecule has 1 amide bonds. The Morgan fingerprint density at radius 3 is 2.63 bits per heavy atom. The summed E-state index contributed by atoms with van der Waals surface area (Å²) in [5.74, 6) is 0.0292. The van der Waals surface area contributed by atoms with Crippen LogP contribution in [0.25, 0.3) is 22.0 Å². The number of hydrogen-bond donors (Lipinski definition) is 2. The topological polar surface area (TPSA) is 76.0 Å². The zero-order valence-electron chi connectivity index (χ0n) is 14.8. The number of hydrogen-bond acceptors (Lipinski definition) is 2. The number of carbonyl (C=O) groups excluding carboxylic acids is 1. The monoisotopic (exact) mass is 376 g/mol. The van der Waals surface area contributed by atoms with Gasteiger partial charge < -0.3 is 10.7 Å². The highest BCUT2D eigenvalue weighted by Gasteiger charge is 2.75. The van der Waals surface area contributed by atoms with E-state index < -0.39 is 16.7 Å². The minimum Gasteiger partial charge on any atom is -0.366 e. The summed E-state index contributed by atoms with van der Waals surface area (Å²) in [6, 6.07) is 14.1. The molecule has 0 radical (unpaired) electrons. The Balaban J connectivity index is 1.53. The van der Waals surface area contributed by atoms with Crippen molar-refractivity contribution in [1.82, 2.24) is 4.98 Å². The van der Waals surface area contributed by atoms with Crippen molar-refractivity contribution in [2.24, 2.45) is 11.1 Å². The van der Waals surface area contributed by atoms with Gasteiger partial charge in [0.15, 0.2) is 0 Å². The highest BCUT2D eigenvalue weighted by atomic mass is 32.2. The van der Waals surface area contributed by atoms with E-state index in [0.717, 1.165) is 34.9 Å². The largest absolute Gasteiger partial charge is 0.366 e. The predicted octanol–water partition coefficient (Wildman–Crippen LogP) is 3.70. The van der Waals surface area contributed by atoms with Crippen LogP contribution in [-0.4, -0.2) is 25.6 Å². The number of rotatable bonds is 3. The lowest BCUT2D eigenvalue weighted by Crippen LogP contribution is -2.76. The molecule has 3 N–H and O–H groups in total. The number of carbonyl (C=O) groups is 1. The molecule has 5 unspecified atom stereocenters. The SMILES string of the molecule is NC(=O)c1cc(-c2ccccc2)cc2c(C3CC4S(=O)C5CCC354)c[nH]c12. The predicted molar refractivity (Wildman–Crippen MR) is 107 cm³/mol. The molecule has 6 rings (SSSR count). The summed E-state index contributed by atoms with van der Waals surface area (Å²) in [4.78, 5) is 15.4. The lowest BCUT2D eigenvalue weighted by atomic mass is 9.46. The standard InChI is InChI=1S/C22H20N2O2S/c23-21(25)15-9-13(12-4-2-1-3-5-12)8-14-16(11-24-20(14)15)17-10-19-22(17)7-6-18(22)27(19)26/h1-5,8-9,11,17-19,24H,6-7,10H2,(H2,23,25). The molecular weight excluding hydrogens is 356 g/mol. The van der Waals surface area contributed by atoms with Crippen molar-refractivity contribution >= 4 is 27.6 Å². The van der Waals surface area contributed by atoms with E-state index in [9.17, 15) is 9.00 Å². The maximum absolute atomic E-state index is 12.3. The van der Waals surface area contributed by atoms with Crippen molar-refractivity contribution < 1.29 is 9.00 Å². The number of H-pyrrole nitrogens is 1. The lowest BCUT2D eigenvalue weighted by molar-refractivity contribution is -0.0174. The molecule has 3 aromatic rings. The Hall–Kier alpha value is -2.40. The van der Waals surface area contributed by atoms with Gasteiger partial charge in [0.1, 0.15) is 0 Å². The summed E-state index contributed by atoms with van der Waals surface area (Å²) in [5, 5.41) is 1.87. The maximum Gasteiger partial charge on any atom is 0.250 e. The quantitative estimate of drug-likeness (QED) is 0.731. The summed E-state index contributed by atoms with van der Waals surface area (Å²) >= 11 is 0. The van der Waals surface area contributed by atoms with Crippen molar-refractivity contribution in [2.75, 3.05) is 0 Å². The summed E-state index contributed by atoms with van der Waals surface area (Å²) in [7, 11) is -0.623.